The molecule has 1 saturated carbocycles. The average molecular weight is 475 g/mol. The first kappa shape index (κ1) is 21.8. The summed E-state index contributed by atoms with van der Waals surface area (Å²) in [6.45, 7) is 0. The molecule has 31 heavy (non-hydrogen) atoms. The molecule has 1 unspecified atom stereocenters. The molecular weight excluding hydrogens is 455 g/mol. The van der Waals surface area contributed by atoms with Crippen molar-refractivity contribution >= 4 is 51.5 Å². The van der Waals surface area contributed by atoms with Crippen LogP contribution in [0.25, 0.3) is 11.3 Å². The fraction of sp³-hybridized carbons (Fsp3) is 0.261. The third-order valence-corrected chi connectivity index (χ3v) is 6.55. The van der Waals surface area contributed by atoms with E-state index in [9.17, 15) is 14.7 Å². The van der Waals surface area contributed by atoms with Crippen molar-refractivity contribution in [3.05, 3.63) is 69.5 Å². The second-order valence-electron chi connectivity index (χ2n) is 7.56. The van der Waals surface area contributed by atoms with Crippen molar-refractivity contribution in [2.75, 3.05) is 4.90 Å². The summed E-state index contributed by atoms with van der Waals surface area (Å²) in [6.07, 6.45) is 1.90. The zero-order valence-electron chi connectivity index (χ0n) is 16.5. The van der Waals surface area contributed by atoms with Gasteiger partial charge in [0.15, 0.2) is 5.13 Å². The molecule has 1 aliphatic rings. The Balaban J connectivity index is 1.63. The van der Waals surface area contributed by atoms with E-state index in [4.69, 9.17) is 23.2 Å². The molecule has 0 aliphatic heterocycles. The summed E-state index contributed by atoms with van der Waals surface area (Å²) in [4.78, 5) is 31.4. The second kappa shape index (κ2) is 9.39. The van der Waals surface area contributed by atoms with Crippen LogP contribution in [0.15, 0.2) is 53.9 Å². The van der Waals surface area contributed by atoms with E-state index in [1.165, 1.54) is 11.3 Å². The van der Waals surface area contributed by atoms with Crippen molar-refractivity contribution in [3.63, 3.8) is 0 Å². The Hall–Kier alpha value is -2.41. The molecule has 3 aromatic rings. The van der Waals surface area contributed by atoms with Crippen molar-refractivity contribution in [1.29, 1.82) is 0 Å². The van der Waals surface area contributed by atoms with Crippen LogP contribution in [-0.2, 0) is 16.0 Å². The molecule has 0 spiro atoms. The van der Waals surface area contributed by atoms with Gasteiger partial charge in [0.05, 0.1) is 23.1 Å². The van der Waals surface area contributed by atoms with Gasteiger partial charge in [-0.1, -0.05) is 53.5 Å². The van der Waals surface area contributed by atoms with E-state index in [-0.39, 0.29) is 18.4 Å². The van der Waals surface area contributed by atoms with Gasteiger partial charge >= 0.3 is 5.97 Å². The molecule has 0 saturated heterocycles. The molecule has 1 atom stereocenters. The first-order valence-electron chi connectivity index (χ1n) is 9.92. The number of carbonyl (C=O) groups excluding carboxylic acids is 1. The Labute approximate surface area is 194 Å². The molecule has 1 aromatic heterocycles. The van der Waals surface area contributed by atoms with Crippen molar-refractivity contribution in [2.24, 2.45) is 5.92 Å². The number of carboxylic acids is 1. The van der Waals surface area contributed by atoms with Gasteiger partial charge in [0, 0.05) is 22.0 Å². The van der Waals surface area contributed by atoms with Crippen LogP contribution in [0.2, 0.25) is 10.0 Å². The zero-order chi connectivity index (χ0) is 22.0. The van der Waals surface area contributed by atoms with Crippen LogP contribution in [0.3, 0.4) is 0 Å². The van der Waals surface area contributed by atoms with Gasteiger partial charge in [-0.2, -0.15) is 0 Å². The van der Waals surface area contributed by atoms with Crippen LogP contribution in [0.5, 0.6) is 0 Å². The minimum absolute atomic E-state index is 0.0494. The summed E-state index contributed by atoms with van der Waals surface area (Å²) in [7, 11) is 0. The Bertz CT molecular complexity index is 1100. The number of hydrogen-bond donors (Lipinski definition) is 1. The zero-order valence-corrected chi connectivity index (χ0v) is 18.8. The molecule has 1 aliphatic carbocycles. The number of thiazole rings is 1. The average Bonchev–Trinajstić information content (AvgIpc) is 3.46. The number of hydrogen-bond acceptors (Lipinski definition) is 4. The molecule has 1 heterocycles. The largest absolute Gasteiger partial charge is 0.481 e. The summed E-state index contributed by atoms with van der Waals surface area (Å²) in [6, 6.07) is 14.7. The normalized spacial score (nSPS) is 14.3. The lowest BCUT2D eigenvalue weighted by Crippen LogP contribution is -2.39. The van der Waals surface area contributed by atoms with E-state index < -0.39 is 11.9 Å². The molecule has 5 nitrogen and oxygen atoms in total. The van der Waals surface area contributed by atoms with E-state index in [1.807, 2.05) is 35.7 Å². The van der Waals surface area contributed by atoms with Crippen LogP contribution in [0, 0.1) is 5.92 Å². The van der Waals surface area contributed by atoms with E-state index in [0.29, 0.717) is 32.9 Å². The van der Waals surface area contributed by atoms with E-state index in [1.54, 1.807) is 23.1 Å². The van der Waals surface area contributed by atoms with Gasteiger partial charge in [-0.15, -0.1) is 11.3 Å². The number of carboxylic acid groups (broad SMARTS) is 1. The molecule has 1 fully saturated rings. The molecule has 1 amide bonds. The lowest BCUT2D eigenvalue weighted by Gasteiger charge is -2.25. The predicted octanol–water partition coefficient (Wildman–Crippen LogP) is 5.95. The molecule has 2 aromatic carbocycles. The highest BCUT2D eigenvalue weighted by Gasteiger charge is 2.39. The predicted molar refractivity (Wildman–Crippen MR) is 124 cm³/mol. The maximum atomic E-state index is 13.5. The van der Waals surface area contributed by atoms with E-state index >= 15 is 0 Å². The lowest BCUT2D eigenvalue weighted by molar-refractivity contribution is -0.140. The Morgan fingerprint density at radius 3 is 2.58 bits per heavy atom. The van der Waals surface area contributed by atoms with Gasteiger partial charge in [0.25, 0.3) is 0 Å². The van der Waals surface area contributed by atoms with Gasteiger partial charge in [-0.25, -0.2) is 4.98 Å². The van der Waals surface area contributed by atoms with Crippen molar-refractivity contribution in [1.82, 2.24) is 4.98 Å². The fourth-order valence-electron chi connectivity index (χ4n) is 3.51. The quantitative estimate of drug-likeness (QED) is 0.437. The van der Waals surface area contributed by atoms with Crippen LogP contribution in [-0.4, -0.2) is 28.0 Å². The number of aromatic nitrogens is 1. The summed E-state index contributed by atoms with van der Waals surface area (Å²) < 4.78 is 0. The summed E-state index contributed by atoms with van der Waals surface area (Å²) in [5, 5.41) is 12.9. The highest BCUT2D eigenvalue weighted by atomic mass is 35.5. The molecule has 0 radical (unpaired) electrons. The molecule has 1 N–H and O–H groups in total. The first-order valence-corrected chi connectivity index (χ1v) is 11.6. The van der Waals surface area contributed by atoms with E-state index in [0.717, 1.165) is 18.4 Å². The van der Waals surface area contributed by atoms with Crippen LogP contribution in [0.4, 0.5) is 5.13 Å². The topological polar surface area (TPSA) is 70.5 Å². The van der Waals surface area contributed by atoms with Crippen LogP contribution in [0.1, 0.15) is 24.8 Å². The van der Waals surface area contributed by atoms with Gasteiger partial charge in [-0.05, 0) is 43.0 Å². The van der Waals surface area contributed by atoms with Crippen LogP contribution >= 0.6 is 34.5 Å². The number of anilines is 1. The van der Waals surface area contributed by atoms with Crippen molar-refractivity contribution in [3.8, 4) is 11.3 Å². The molecule has 0 bridgehead atoms. The first-order chi connectivity index (χ1) is 14.9. The smallest absolute Gasteiger partial charge is 0.304 e. The van der Waals surface area contributed by atoms with Crippen molar-refractivity contribution < 1.29 is 14.7 Å². The summed E-state index contributed by atoms with van der Waals surface area (Å²) in [5.74, 6) is -1.86. The number of nitrogens with zero attached hydrogens (tertiary/aromatic N) is 2. The lowest BCUT2D eigenvalue weighted by atomic mass is 9.94. The summed E-state index contributed by atoms with van der Waals surface area (Å²) in [5.41, 5.74) is 2.28. The standard InChI is InChI=1S/C23H20Cl2N2O3S/c24-16-6-9-19(25)18(12-16)20-13-31-23(26-20)27(17-7-8-17)22(30)15(11-21(28)29)10-14-4-2-1-3-5-14/h1-6,9,12-13,15,17H,7-8,10-11H2,(H,28,29). The Morgan fingerprint density at radius 2 is 1.90 bits per heavy atom. The molecule has 8 heteroatoms. The molecule has 4 rings (SSSR count). The third kappa shape index (κ3) is 5.26. The number of rotatable bonds is 8. The maximum absolute atomic E-state index is 13.5. The fourth-order valence-corrected chi connectivity index (χ4v) is 4.80. The minimum Gasteiger partial charge on any atom is -0.481 e. The SMILES string of the molecule is O=C(O)CC(Cc1ccccc1)C(=O)N(c1nc(-c2cc(Cl)ccc2Cl)cs1)C1CC1. The monoisotopic (exact) mass is 474 g/mol. The number of carbonyl (C=O) groups is 2. The summed E-state index contributed by atoms with van der Waals surface area (Å²) >= 11 is 13.8. The third-order valence-electron chi connectivity index (χ3n) is 5.15. The van der Waals surface area contributed by atoms with Gasteiger partial charge in [0.1, 0.15) is 0 Å². The molecular formula is C23H20Cl2N2O3S. The number of aliphatic carboxylic acids is 1. The molecule has 160 valence electrons. The van der Waals surface area contributed by atoms with Gasteiger partial charge in [0.2, 0.25) is 5.91 Å². The van der Waals surface area contributed by atoms with Gasteiger partial charge < -0.3 is 5.11 Å². The minimum atomic E-state index is -0.990. The number of amides is 1. The number of benzene rings is 2. The van der Waals surface area contributed by atoms with E-state index in [2.05, 4.69) is 4.98 Å². The second-order valence-corrected chi connectivity index (χ2v) is 9.24. The number of halogens is 2. The highest BCUT2D eigenvalue weighted by molar-refractivity contribution is 7.14. The Morgan fingerprint density at radius 1 is 1.16 bits per heavy atom. The van der Waals surface area contributed by atoms with Gasteiger partial charge in [-0.3, -0.25) is 14.5 Å². The van der Waals surface area contributed by atoms with Crippen molar-refractivity contribution in [2.45, 2.75) is 31.7 Å². The highest BCUT2D eigenvalue weighted by Crippen LogP contribution is 2.39. The van der Waals surface area contributed by atoms with Crippen LogP contribution < -0.4 is 4.90 Å². The Kier molecular flexibility index (Phi) is 6.60. The maximum Gasteiger partial charge on any atom is 0.304 e.